The summed E-state index contributed by atoms with van der Waals surface area (Å²) in [5.74, 6) is 0.915. The van der Waals surface area contributed by atoms with E-state index in [1.165, 1.54) is 37.8 Å². The molecule has 92 valence electrons. The average Bonchev–Trinajstić information content (AvgIpc) is 2.83. The van der Waals surface area contributed by atoms with E-state index in [1.807, 2.05) is 6.08 Å². The third kappa shape index (κ3) is 4.01. The summed E-state index contributed by atoms with van der Waals surface area (Å²) in [6.07, 6.45) is 7.72. The summed E-state index contributed by atoms with van der Waals surface area (Å²) >= 11 is 0. The van der Waals surface area contributed by atoms with Gasteiger partial charge >= 0.3 is 0 Å². The van der Waals surface area contributed by atoms with Crippen LogP contribution >= 0.6 is 0 Å². The predicted molar refractivity (Wildman–Crippen MR) is 73.9 cm³/mol. The van der Waals surface area contributed by atoms with Gasteiger partial charge in [0, 0.05) is 19.6 Å². The van der Waals surface area contributed by atoms with Gasteiger partial charge in [-0.2, -0.15) is 0 Å². The van der Waals surface area contributed by atoms with Crippen molar-refractivity contribution in [2.75, 3.05) is 13.1 Å². The van der Waals surface area contributed by atoms with Crippen LogP contribution in [-0.2, 0) is 6.54 Å². The molecule has 1 heteroatoms. The molecular formula is C16H23N. The van der Waals surface area contributed by atoms with Crippen molar-refractivity contribution in [2.24, 2.45) is 5.92 Å². The molecule has 1 saturated carbocycles. The third-order valence-corrected chi connectivity index (χ3v) is 3.63. The van der Waals surface area contributed by atoms with Gasteiger partial charge in [0.15, 0.2) is 0 Å². The summed E-state index contributed by atoms with van der Waals surface area (Å²) in [5.41, 5.74) is 1.41. The first-order valence-corrected chi connectivity index (χ1v) is 6.75. The van der Waals surface area contributed by atoms with Gasteiger partial charge in [0.1, 0.15) is 0 Å². The highest BCUT2D eigenvalue weighted by Gasteiger charge is 2.17. The Kier molecular flexibility index (Phi) is 4.81. The smallest absolute Gasteiger partial charge is 0.0237 e. The van der Waals surface area contributed by atoms with Crippen molar-refractivity contribution in [3.63, 3.8) is 0 Å². The lowest BCUT2D eigenvalue weighted by Gasteiger charge is -2.24. The molecule has 1 nitrogen and oxygen atoms in total. The van der Waals surface area contributed by atoms with Crippen LogP contribution in [0.2, 0.25) is 0 Å². The van der Waals surface area contributed by atoms with Crippen LogP contribution in [0.25, 0.3) is 0 Å². The lowest BCUT2D eigenvalue weighted by Crippen LogP contribution is -2.28. The molecule has 17 heavy (non-hydrogen) atoms. The van der Waals surface area contributed by atoms with Gasteiger partial charge < -0.3 is 0 Å². The van der Waals surface area contributed by atoms with Crippen LogP contribution in [0, 0.1) is 5.92 Å². The number of benzene rings is 1. The highest BCUT2D eigenvalue weighted by atomic mass is 15.1. The van der Waals surface area contributed by atoms with E-state index >= 15 is 0 Å². The summed E-state index contributed by atoms with van der Waals surface area (Å²) in [4.78, 5) is 2.53. The van der Waals surface area contributed by atoms with E-state index in [4.69, 9.17) is 0 Å². The van der Waals surface area contributed by atoms with Gasteiger partial charge in [-0.15, -0.1) is 6.58 Å². The molecule has 0 saturated heterocycles. The van der Waals surface area contributed by atoms with Gasteiger partial charge in [-0.1, -0.05) is 49.2 Å². The Morgan fingerprint density at radius 1 is 1.18 bits per heavy atom. The molecule has 0 aromatic heterocycles. The van der Waals surface area contributed by atoms with E-state index < -0.39 is 0 Å². The van der Waals surface area contributed by atoms with Crippen LogP contribution in [0.15, 0.2) is 43.0 Å². The molecule has 0 aliphatic heterocycles. The van der Waals surface area contributed by atoms with Crippen molar-refractivity contribution < 1.29 is 0 Å². The zero-order valence-electron chi connectivity index (χ0n) is 10.6. The monoisotopic (exact) mass is 229 g/mol. The second-order valence-electron chi connectivity index (χ2n) is 5.12. The summed E-state index contributed by atoms with van der Waals surface area (Å²) in [6, 6.07) is 10.8. The van der Waals surface area contributed by atoms with Crippen LogP contribution in [0.3, 0.4) is 0 Å². The lowest BCUT2D eigenvalue weighted by molar-refractivity contribution is 0.246. The first-order chi connectivity index (χ1) is 8.38. The molecule has 0 heterocycles. The Morgan fingerprint density at radius 3 is 2.53 bits per heavy atom. The molecule has 0 spiro atoms. The van der Waals surface area contributed by atoms with Crippen molar-refractivity contribution in [3.05, 3.63) is 48.6 Å². The number of nitrogens with zero attached hydrogens (tertiary/aromatic N) is 1. The average molecular weight is 229 g/mol. The van der Waals surface area contributed by atoms with Crippen LogP contribution in [0.5, 0.6) is 0 Å². The quantitative estimate of drug-likeness (QED) is 0.669. The largest absolute Gasteiger partial charge is 0.295 e. The first-order valence-electron chi connectivity index (χ1n) is 6.75. The second kappa shape index (κ2) is 6.61. The van der Waals surface area contributed by atoms with E-state index in [9.17, 15) is 0 Å². The summed E-state index contributed by atoms with van der Waals surface area (Å²) in [5, 5.41) is 0. The minimum Gasteiger partial charge on any atom is -0.295 e. The van der Waals surface area contributed by atoms with E-state index in [0.29, 0.717) is 0 Å². The molecule has 1 aliphatic rings. The number of hydrogen-bond donors (Lipinski definition) is 0. The third-order valence-electron chi connectivity index (χ3n) is 3.63. The fraction of sp³-hybridized carbons (Fsp3) is 0.500. The van der Waals surface area contributed by atoms with Gasteiger partial charge in [-0.05, 0) is 24.3 Å². The van der Waals surface area contributed by atoms with E-state index in [0.717, 1.165) is 19.0 Å². The van der Waals surface area contributed by atoms with E-state index in [1.54, 1.807) is 0 Å². The van der Waals surface area contributed by atoms with Crippen LogP contribution in [0.4, 0.5) is 0 Å². The van der Waals surface area contributed by atoms with E-state index in [2.05, 4.69) is 41.8 Å². The molecule has 0 radical (unpaired) electrons. The second-order valence-corrected chi connectivity index (χ2v) is 5.12. The van der Waals surface area contributed by atoms with Crippen molar-refractivity contribution in [1.82, 2.24) is 4.90 Å². The Hall–Kier alpha value is -1.08. The van der Waals surface area contributed by atoms with Gasteiger partial charge in [0.2, 0.25) is 0 Å². The van der Waals surface area contributed by atoms with Crippen LogP contribution in [-0.4, -0.2) is 18.0 Å². The Bertz CT molecular complexity index is 325. The number of rotatable bonds is 6. The lowest BCUT2D eigenvalue weighted by atomic mass is 10.1. The van der Waals surface area contributed by atoms with Crippen LogP contribution in [0.1, 0.15) is 31.2 Å². The predicted octanol–water partition coefficient (Wildman–Crippen LogP) is 3.86. The normalized spacial score (nSPS) is 16.5. The highest BCUT2D eigenvalue weighted by Crippen LogP contribution is 2.25. The maximum atomic E-state index is 3.88. The Balaban J connectivity index is 1.89. The molecule has 1 aliphatic carbocycles. The fourth-order valence-corrected chi connectivity index (χ4v) is 2.79. The zero-order valence-corrected chi connectivity index (χ0v) is 10.6. The van der Waals surface area contributed by atoms with Crippen molar-refractivity contribution in [3.8, 4) is 0 Å². The molecule has 0 bridgehead atoms. The fourth-order valence-electron chi connectivity index (χ4n) is 2.79. The van der Waals surface area contributed by atoms with Gasteiger partial charge in [-0.3, -0.25) is 4.90 Å². The summed E-state index contributed by atoms with van der Waals surface area (Å²) in [7, 11) is 0. The summed E-state index contributed by atoms with van der Waals surface area (Å²) in [6.45, 7) is 7.18. The molecular weight excluding hydrogens is 206 g/mol. The minimum absolute atomic E-state index is 0.915. The topological polar surface area (TPSA) is 3.24 Å². The molecule has 1 aromatic rings. The van der Waals surface area contributed by atoms with E-state index in [-0.39, 0.29) is 0 Å². The molecule has 2 rings (SSSR count). The molecule has 0 atom stereocenters. The van der Waals surface area contributed by atoms with Crippen LogP contribution < -0.4 is 0 Å². The molecule has 1 aromatic carbocycles. The SMILES string of the molecule is C=CCN(Cc1ccccc1)CC1CCCC1. The Labute approximate surface area is 105 Å². The standard InChI is InChI=1S/C16H23N/c1-2-12-17(14-16-10-6-7-11-16)13-15-8-4-3-5-9-15/h2-5,8-9,16H,1,6-7,10-14H2. The van der Waals surface area contributed by atoms with Crippen molar-refractivity contribution >= 4 is 0 Å². The highest BCUT2D eigenvalue weighted by molar-refractivity contribution is 5.14. The molecule has 1 fully saturated rings. The van der Waals surface area contributed by atoms with Crippen molar-refractivity contribution in [1.29, 1.82) is 0 Å². The molecule has 0 unspecified atom stereocenters. The molecule has 0 amide bonds. The number of hydrogen-bond acceptors (Lipinski definition) is 1. The Morgan fingerprint density at radius 2 is 1.88 bits per heavy atom. The molecule has 0 N–H and O–H groups in total. The summed E-state index contributed by atoms with van der Waals surface area (Å²) < 4.78 is 0. The van der Waals surface area contributed by atoms with Crippen molar-refractivity contribution in [2.45, 2.75) is 32.2 Å². The maximum absolute atomic E-state index is 3.88. The zero-order chi connectivity index (χ0) is 11.9. The maximum Gasteiger partial charge on any atom is 0.0237 e. The van der Waals surface area contributed by atoms with Gasteiger partial charge in [0.05, 0.1) is 0 Å². The van der Waals surface area contributed by atoms with Gasteiger partial charge in [0.25, 0.3) is 0 Å². The first kappa shape index (κ1) is 12.4. The minimum atomic E-state index is 0.915. The van der Waals surface area contributed by atoms with Gasteiger partial charge in [-0.25, -0.2) is 0 Å².